The summed E-state index contributed by atoms with van der Waals surface area (Å²) in [4.78, 5) is 25.5. The third kappa shape index (κ3) is 3.17. The Labute approximate surface area is 171 Å². The molecule has 1 atom stereocenters. The van der Waals surface area contributed by atoms with E-state index in [1.807, 2.05) is 30.3 Å². The summed E-state index contributed by atoms with van der Waals surface area (Å²) in [6, 6.07) is 12.4. The SMILES string of the molecule is O=C(Nc1ccncc1F)N1c2nc(-c3cccc(Cl)c3)ccc2N2CC[C@H]1C2. The van der Waals surface area contributed by atoms with Crippen LogP contribution >= 0.6 is 11.6 Å². The number of benzene rings is 1. The van der Waals surface area contributed by atoms with Crippen molar-refractivity contribution in [2.45, 2.75) is 12.5 Å². The third-order valence-corrected chi connectivity index (χ3v) is 5.54. The number of anilines is 3. The molecule has 6 nitrogen and oxygen atoms in total. The lowest BCUT2D eigenvalue weighted by atomic mass is 10.1. The Kier molecular flexibility index (Phi) is 4.32. The number of nitrogens with zero attached hydrogens (tertiary/aromatic N) is 4. The number of fused-ring (bicyclic) bond motifs is 4. The number of rotatable bonds is 2. The van der Waals surface area contributed by atoms with Crippen molar-refractivity contribution in [2.24, 2.45) is 0 Å². The van der Waals surface area contributed by atoms with Gasteiger partial charge in [0.15, 0.2) is 11.6 Å². The van der Waals surface area contributed by atoms with Gasteiger partial charge in [-0.3, -0.25) is 9.88 Å². The van der Waals surface area contributed by atoms with Crippen LogP contribution in [0.1, 0.15) is 6.42 Å². The second-order valence-electron chi connectivity index (χ2n) is 7.09. The number of hydrogen-bond donors (Lipinski definition) is 1. The van der Waals surface area contributed by atoms with E-state index >= 15 is 0 Å². The number of urea groups is 1. The van der Waals surface area contributed by atoms with Gasteiger partial charge in [0.1, 0.15) is 0 Å². The number of aromatic nitrogens is 2. The number of carbonyl (C=O) groups excluding carboxylic acids is 1. The summed E-state index contributed by atoms with van der Waals surface area (Å²) in [6.07, 6.45) is 3.34. The lowest BCUT2D eigenvalue weighted by molar-refractivity contribution is 0.254. The van der Waals surface area contributed by atoms with Crippen LogP contribution in [0.2, 0.25) is 5.02 Å². The molecular formula is C21H17ClFN5O. The summed E-state index contributed by atoms with van der Waals surface area (Å²) in [7, 11) is 0. The molecule has 146 valence electrons. The second kappa shape index (κ2) is 7.00. The fourth-order valence-electron chi connectivity index (χ4n) is 3.93. The Bertz CT molecular complexity index is 1110. The van der Waals surface area contributed by atoms with Crippen molar-refractivity contribution in [3.63, 3.8) is 0 Å². The van der Waals surface area contributed by atoms with E-state index in [2.05, 4.69) is 15.2 Å². The quantitative estimate of drug-likeness (QED) is 0.673. The average molecular weight is 410 g/mol. The van der Waals surface area contributed by atoms with Crippen LogP contribution in [0.5, 0.6) is 0 Å². The molecule has 29 heavy (non-hydrogen) atoms. The average Bonchev–Trinajstić information content (AvgIpc) is 3.14. The van der Waals surface area contributed by atoms with Gasteiger partial charge in [0, 0.05) is 29.9 Å². The molecule has 0 radical (unpaired) electrons. The van der Waals surface area contributed by atoms with Crippen molar-refractivity contribution in [3.05, 3.63) is 65.7 Å². The summed E-state index contributed by atoms with van der Waals surface area (Å²) >= 11 is 6.13. The summed E-state index contributed by atoms with van der Waals surface area (Å²) in [5.74, 6) is -0.00467. The largest absolute Gasteiger partial charge is 0.366 e. The Morgan fingerprint density at radius 3 is 2.97 bits per heavy atom. The van der Waals surface area contributed by atoms with Crippen molar-refractivity contribution >= 4 is 34.8 Å². The number of halogens is 2. The molecule has 2 aliphatic heterocycles. The number of carbonyl (C=O) groups is 1. The lowest BCUT2D eigenvalue weighted by Gasteiger charge is -2.36. The van der Waals surface area contributed by atoms with E-state index in [1.54, 1.807) is 11.0 Å². The first kappa shape index (κ1) is 17.9. The minimum Gasteiger partial charge on any atom is -0.366 e. The van der Waals surface area contributed by atoms with Crippen molar-refractivity contribution in [3.8, 4) is 11.3 Å². The summed E-state index contributed by atoms with van der Waals surface area (Å²) in [5.41, 5.74) is 2.59. The van der Waals surface area contributed by atoms with Crippen LogP contribution in [0.25, 0.3) is 11.3 Å². The molecule has 1 N–H and O–H groups in total. The first-order valence-electron chi connectivity index (χ1n) is 9.32. The molecule has 0 saturated carbocycles. The highest BCUT2D eigenvalue weighted by atomic mass is 35.5. The predicted octanol–water partition coefficient (Wildman–Crippen LogP) is 4.57. The van der Waals surface area contributed by atoms with Gasteiger partial charge in [-0.05, 0) is 36.8 Å². The molecule has 2 amide bonds. The monoisotopic (exact) mass is 409 g/mol. The summed E-state index contributed by atoms with van der Waals surface area (Å²) in [5, 5.41) is 3.28. The topological polar surface area (TPSA) is 61.4 Å². The van der Waals surface area contributed by atoms with Crippen LogP contribution in [0.3, 0.4) is 0 Å². The van der Waals surface area contributed by atoms with E-state index in [-0.39, 0.29) is 11.7 Å². The normalized spacial score (nSPS) is 17.2. The highest BCUT2D eigenvalue weighted by molar-refractivity contribution is 6.30. The van der Waals surface area contributed by atoms with Gasteiger partial charge in [0.2, 0.25) is 0 Å². The Balaban J connectivity index is 1.55. The molecule has 5 rings (SSSR count). The zero-order valence-corrected chi connectivity index (χ0v) is 16.1. The molecule has 1 saturated heterocycles. The number of nitrogens with one attached hydrogen (secondary N) is 1. The van der Waals surface area contributed by atoms with E-state index in [1.165, 1.54) is 12.3 Å². The molecule has 1 aromatic carbocycles. The highest BCUT2D eigenvalue weighted by Crippen LogP contribution is 2.40. The number of hydrogen-bond acceptors (Lipinski definition) is 4. The van der Waals surface area contributed by atoms with Gasteiger partial charge in [-0.1, -0.05) is 23.7 Å². The first-order chi connectivity index (χ1) is 14.1. The van der Waals surface area contributed by atoms with Crippen molar-refractivity contribution in [1.82, 2.24) is 9.97 Å². The van der Waals surface area contributed by atoms with Gasteiger partial charge in [0.05, 0.1) is 29.3 Å². The van der Waals surface area contributed by atoms with E-state index in [0.29, 0.717) is 10.8 Å². The standard InChI is InChI=1S/C21H17ClFN5O/c22-14-3-1-2-13(10-14)17-4-5-19-20(25-17)28(15-7-9-27(19)12-15)21(29)26-18-6-8-24-11-16(18)23/h1-6,8,10-11,15H,7,9,12H2,(H,24,26,29)/t15-/m0/s1. The van der Waals surface area contributed by atoms with E-state index in [4.69, 9.17) is 16.6 Å². The second-order valence-corrected chi connectivity index (χ2v) is 7.53. The molecule has 2 aromatic heterocycles. The minimum absolute atomic E-state index is 0.0190. The van der Waals surface area contributed by atoms with Crippen LogP contribution in [-0.2, 0) is 0 Å². The first-order valence-corrected chi connectivity index (χ1v) is 9.69. The fourth-order valence-corrected chi connectivity index (χ4v) is 4.12. The number of pyridine rings is 2. The van der Waals surface area contributed by atoms with Gasteiger partial charge >= 0.3 is 6.03 Å². The lowest BCUT2D eigenvalue weighted by Crippen LogP contribution is -2.48. The maximum Gasteiger partial charge on any atom is 0.327 e. The molecule has 8 heteroatoms. The number of amides is 2. The predicted molar refractivity (Wildman–Crippen MR) is 111 cm³/mol. The zero-order valence-electron chi connectivity index (χ0n) is 15.3. The van der Waals surface area contributed by atoms with Gasteiger partial charge in [0.25, 0.3) is 0 Å². The van der Waals surface area contributed by atoms with Crippen molar-refractivity contribution in [2.75, 3.05) is 28.2 Å². The molecular weight excluding hydrogens is 393 g/mol. The molecule has 0 spiro atoms. The smallest absolute Gasteiger partial charge is 0.327 e. The fraction of sp³-hybridized carbons (Fsp3) is 0.190. The summed E-state index contributed by atoms with van der Waals surface area (Å²) < 4.78 is 14.0. The molecule has 2 aliphatic rings. The third-order valence-electron chi connectivity index (χ3n) is 5.31. The van der Waals surface area contributed by atoms with Crippen molar-refractivity contribution < 1.29 is 9.18 Å². The zero-order chi connectivity index (χ0) is 20.0. The maximum absolute atomic E-state index is 14.0. The molecule has 2 bridgehead atoms. The maximum atomic E-state index is 14.0. The van der Waals surface area contributed by atoms with Gasteiger partial charge in [-0.2, -0.15) is 0 Å². The van der Waals surface area contributed by atoms with Crippen LogP contribution < -0.4 is 15.1 Å². The van der Waals surface area contributed by atoms with E-state index in [9.17, 15) is 9.18 Å². The Morgan fingerprint density at radius 1 is 1.24 bits per heavy atom. The minimum atomic E-state index is -0.577. The van der Waals surface area contributed by atoms with Crippen LogP contribution in [0, 0.1) is 5.82 Å². The molecule has 3 aromatic rings. The molecule has 1 fully saturated rings. The Hall–Kier alpha value is -3.19. The van der Waals surface area contributed by atoms with Crippen LogP contribution in [0.4, 0.5) is 26.4 Å². The van der Waals surface area contributed by atoms with Gasteiger partial charge < -0.3 is 10.2 Å². The van der Waals surface area contributed by atoms with Crippen LogP contribution in [0.15, 0.2) is 54.9 Å². The molecule has 0 unspecified atom stereocenters. The van der Waals surface area contributed by atoms with E-state index in [0.717, 1.165) is 42.7 Å². The Morgan fingerprint density at radius 2 is 2.14 bits per heavy atom. The van der Waals surface area contributed by atoms with Crippen molar-refractivity contribution in [1.29, 1.82) is 0 Å². The van der Waals surface area contributed by atoms with Crippen LogP contribution in [-0.4, -0.2) is 35.1 Å². The van der Waals surface area contributed by atoms with Gasteiger partial charge in [-0.25, -0.2) is 14.2 Å². The molecule has 0 aliphatic carbocycles. The van der Waals surface area contributed by atoms with Gasteiger partial charge in [-0.15, -0.1) is 0 Å². The molecule has 4 heterocycles. The summed E-state index contributed by atoms with van der Waals surface area (Å²) in [6.45, 7) is 1.58. The van der Waals surface area contributed by atoms with E-state index < -0.39 is 11.8 Å². The highest BCUT2D eigenvalue weighted by Gasteiger charge is 2.40.